The van der Waals surface area contributed by atoms with E-state index in [1.165, 1.54) is 11.7 Å². The van der Waals surface area contributed by atoms with Crippen molar-refractivity contribution >= 4 is 23.3 Å². The maximum atomic E-state index is 11.1. The van der Waals surface area contributed by atoms with E-state index in [1.54, 1.807) is 0 Å². The van der Waals surface area contributed by atoms with Gasteiger partial charge in [-0.3, -0.25) is 0 Å². The summed E-state index contributed by atoms with van der Waals surface area (Å²) in [5.41, 5.74) is 3.10. The molecule has 2 aromatic heterocycles. The molecule has 0 aliphatic carbocycles. The van der Waals surface area contributed by atoms with Gasteiger partial charge in [0.05, 0.1) is 5.69 Å². The Morgan fingerprint density at radius 1 is 1.28 bits per heavy atom. The van der Waals surface area contributed by atoms with E-state index in [2.05, 4.69) is 41.3 Å². The molecule has 8 heteroatoms. The number of aromatic nitrogens is 4. The molecule has 0 saturated carbocycles. The number of ether oxygens (including phenoxy) is 1. The van der Waals surface area contributed by atoms with Crippen LogP contribution in [0.4, 0.5) is 4.79 Å². The minimum absolute atomic E-state index is 0.155. The largest absolute Gasteiger partial charge is 0.445 e. The number of amides is 1. The van der Waals surface area contributed by atoms with Crippen LogP contribution in [0.25, 0.3) is 17.0 Å². The fourth-order valence-corrected chi connectivity index (χ4v) is 2.83. The highest BCUT2D eigenvalue weighted by Crippen LogP contribution is 2.31. The highest BCUT2D eigenvalue weighted by atomic mass is 35.5. The monoisotopic (exact) mass is 361 g/mol. The molecule has 0 aliphatic rings. The molecular weight excluding hydrogens is 342 g/mol. The molecule has 2 heterocycles. The predicted molar refractivity (Wildman–Crippen MR) is 95.7 cm³/mol. The number of hydrogen-bond acceptors (Lipinski definition) is 4. The van der Waals surface area contributed by atoms with Gasteiger partial charge < -0.3 is 15.0 Å². The topological polar surface area (TPSA) is 84.3 Å². The molecule has 0 atom stereocenters. The third kappa shape index (κ3) is 3.46. The highest BCUT2D eigenvalue weighted by Gasteiger charge is 2.25. The molecule has 7 nitrogen and oxygen atoms in total. The Balaban J connectivity index is 1.83. The van der Waals surface area contributed by atoms with Crippen LogP contribution in [0.5, 0.6) is 0 Å². The average molecular weight is 362 g/mol. The Morgan fingerprint density at radius 3 is 2.52 bits per heavy atom. The zero-order chi connectivity index (χ0) is 18.2. The van der Waals surface area contributed by atoms with Crippen molar-refractivity contribution in [3.63, 3.8) is 0 Å². The molecule has 0 spiro atoms. The number of alkyl carbamates (subject to hydrolysis) is 1. The molecule has 0 bridgehead atoms. The van der Waals surface area contributed by atoms with Gasteiger partial charge in [-0.2, -0.15) is 5.10 Å². The van der Waals surface area contributed by atoms with E-state index in [9.17, 15) is 4.79 Å². The van der Waals surface area contributed by atoms with Crippen LogP contribution in [0.2, 0.25) is 5.02 Å². The van der Waals surface area contributed by atoms with Crippen LogP contribution in [0.1, 0.15) is 32.0 Å². The Bertz CT molecular complexity index is 906. The van der Waals surface area contributed by atoms with Crippen molar-refractivity contribution in [1.29, 1.82) is 0 Å². The Hall–Kier alpha value is -2.54. The quantitative estimate of drug-likeness (QED) is 0.747. The zero-order valence-corrected chi connectivity index (χ0v) is 15.3. The third-order valence-electron chi connectivity index (χ3n) is 3.75. The molecule has 1 aromatic carbocycles. The summed E-state index contributed by atoms with van der Waals surface area (Å²) in [5, 5.41) is 11.9. The van der Waals surface area contributed by atoms with Crippen molar-refractivity contribution in [3.05, 3.63) is 40.5 Å². The molecule has 2 N–H and O–H groups in total. The average Bonchev–Trinajstić information content (AvgIpc) is 3.12. The summed E-state index contributed by atoms with van der Waals surface area (Å²) in [4.78, 5) is 14.3. The molecule has 132 valence electrons. The van der Waals surface area contributed by atoms with Gasteiger partial charge in [0.15, 0.2) is 11.5 Å². The lowest BCUT2D eigenvalue weighted by atomic mass is 9.92. The summed E-state index contributed by atoms with van der Waals surface area (Å²) in [6, 6.07) is 7.57. The number of carbonyl (C=O) groups is 1. The first-order valence-corrected chi connectivity index (χ1v) is 8.26. The van der Waals surface area contributed by atoms with E-state index in [1.807, 2.05) is 24.3 Å². The van der Waals surface area contributed by atoms with Gasteiger partial charge in [-0.1, -0.05) is 56.6 Å². The van der Waals surface area contributed by atoms with E-state index in [-0.39, 0.29) is 12.0 Å². The lowest BCUT2D eigenvalue weighted by Crippen LogP contribution is -2.18. The first-order chi connectivity index (χ1) is 11.8. The highest BCUT2D eigenvalue weighted by molar-refractivity contribution is 6.34. The van der Waals surface area contributed by atoms with E-state index in [4.69, 9.17) is 16.3 Å². The summed E-state index contributed by atoms with van der Waals surface area (Å²) < 4.78 is 6.54. The predicted octanol–water partition coefficient (Wildman–Crippen LogP) is 3.53. The second-order valence-corrected chi connectivity index (χ2v) is 7.13. The van der Waals surface area contributed by atoms with Crippen molar-refractivity contribution < 1.29 is 9.53 Å². The minimum Gasteiger partial charge on any atom is -0.445 e. The Morgan fingerprint density at radius 2 is 1.96 bits per heavy atom. The number of carbonyl (C=O) groups excluding carboxylic acids is 1. The molecule has 0 unspecified atom stereocenters. The summed E-state index contributed by atoms with van der Waals surface area (Å²) in [7, 11) is 1.52. The van der Waals surface area contributed by atoms with Crippen LogP contribution in [-0.4, -0.2) is 33.0 Å². The smallest absolute Gasteiger partial charge is 0.407 e. The fraction of sp³-hybridized carbons (Fsp3) is 0.353. The number of nitrogens with zero attached hydrogens (tertiary/aromatic N) is 3. The number of halogens is 1. The minimum atomic E-state index is -0.458. The lowest BCUT2D eigenvalue weighted by molar-refractivity contribution is 0.142. The third-order valence-corrected chi connectivity index (χ3v) is 4.11. The van der Waals surface area contributed by atoms with Gasteiger partial charge in [-0.25, -0.2) is 4.79 Å². The maximum absolute atomic E-state index is 11.1. The van der Waals surface area contributed by atoms with Crippen molar-refractivity contribution in [1.82, 2.24) is 25.1 Å². The van der Waals surface area contributed by atoms with Crippen molar-refractivity contribution in [2.24, 2.45) is 0 Å². The van der Waals surface area contributed by atoms with E-state index in [0.717, 1.165) is 16.8 Å². The second kappa shape index (κ2) is 6.40. The Kier molecular flexibility index (Phi) is 4.43. The van der Waals surface area contributed by atoms with Gasteiger partial charge in [-0.15, -0.1) is 9.73 Å². The zero-order valence-electron chi connectivity index (χ0n) is 14.6. The molecule has 0 fully saturated rings. The van der Waals surface area contributed by atoms with Crippen LogP contribution >= 0.6 is 11.6 Å². The maximum Gasteiger partial charge on any atom is 0.407 e. The molecule has 0 radical (unpaired) electrons. The van der Waals surface area contributed by atoms with E-state index >= 15 is 0 Å². The number of fused-ring (bicyclic) bond motifs is 1. The number of H-pyrrole nitrogens is 1. The van der Waals surface area contributed by atoms with E-state index in [0.29, 0.717) is 16.5 Å². The number of rotatable bonds is 3. The number of hydrogen-bond donors (Lipinski definition) is 2. The molecule has 25 heavy (non-hydrogen) atoms. The van der Waals surface area contributed by atoms with Gasteiger partial charge in [0.2, 0.25) is 0 Å². The van der Waals surface area contributed by atoms with Crippen LogP contribution in [0, 0.1) is 0 Å². The SMILES string of the molecule is CNC(=O)OCc1ccc(-c2nn3nc(C(C)(C)C)c(Cl)c3[nH]2)cc1. The summed E-state index contributed by atoms with van der Waals surface area (Å²) >= 11 is 6.44. The lowest BCUT2D eigenvalue weighted by Gasteiger charge is -2.14. The Labute approximate surface area is 150 Å². The molecular formula is C17H20ClN5O2. The number of benzene rings is 1. The molecule has 0 saturated heterocycles. The first kappa shape index (κ1) is 17.3. The standard InChI is InChI=1S/C17H20ClN5O2/c1-17(2,3)13-12(18)15-20-14(22-23(15)21-13)11-7-5-10(6-8-11)9-25-16(24)19-4/h5-8H,9H2,1-4H3,(H,19,24)(H,20,22). The van der Waals surface area contributed by atoms with Crippen molar-refractivity contribution in [2.75, 3.05) is 7.05 Å². The van der Waals surface area contributed by atoms with Crippen LogP contribution in [0.15, 0.2) is 24.3 Å². The fourth-order valence-electron chi connectivity index (χ4n) is 2.39. The molecule has 3 aromatic rings. The van der Waals surface area contributed by atoms with Gasteiger partial charge in [0, 0.05) is 18.0 Å². The van der Waals surface area contributed by atoms with Gasteiger partial charge in [0.1, 0.15) is 11.6 Å². The first-order valence-electron chi connectivity index (χ1n) is 7.88. The van der Waals surface area contributed by atoms with E-state index < -0.39 is 6.09 Å². The summed E-state index contributed by atoms with van der Waals surface area (Å²) in [6.45, 7) is 6.38. The van der Waals surface area contributed by atoms with Crippen molar-refractivity contribution in [3.8, 4) is 11.4 Å². The van der Waals surface area contributed by atoms with Crippen LogP contribution in [-0.2, 0) is 16.8 Å². The molecule has 3 rings (SSSR count). The second-order valence-electron chi connectivity index (χ2n) is 6.75. The van der Waals surface area contributed by atoms with Crippen LogP contribution in [0.3, 0.4) is 0 Å². The van der Waals surface area contributed by atoms with Gasteiger partial charge >= 0.3 is 6.09 Å². The van der Waals surface area contributed by atoms with Gasteiger partial charge in [-0.05, 0) is 5.56 Å². The number of aromatic amines is 1. The summed E-state index contributed by atoms with van der Waals surface area (Å²) in [6.07, 6.45) is -0.458. The van der Waals surface area contributed by atoms with Crippen molar-refractivity contribution in [2.45, 2.75) is 32.8 Å². The molecule has 0 aliphatic heterocycles. The summed E-state index contributed by atoms with van der Waals surface area (Å²) in [5.74, 6) is 0.670. The number of nitrogens with one attached hydrogen (secondary N) is 2. The normalized spacial score (nSPS) is 11.7. The molecule has 1 amide bonds. The van der Waals surface area contributed by atoms with Gasteiger partial charge in [0.25, 0.3) is 0 Å². The van der Waals surface area contributed by atoms with Crippen LogP contribution < -0.4 is 5.32 Å².